The van der Waals surface area contributed by atoms with Gasteiger partial charge in [-0.3, -0.25) is 4.79 Å². The maximum absolute atomic E-state index is 11.4. The van der Waals surface area contributed by atoms with E-state index in [1.165, 1.54) is 0 Å². The number of Topliss-reactive ketones (excluding diaryl/α,β-unsaturated/α-hetero) is 1. The molecule has 0 bridgehead atoms. The maximum atomic E-state index is 11.4. The minimum atomic E-state index is -0.0449. The zero-order chi connectivity index (χ0) is 9.56. The third-order valence-electron chi connectivity index (χ3n) is 1.92. The molecular weight excluding hydrogens is 154 g/mol. The third kappa shape index (κ3) is 3.83. The van der Waals surface area contributed by atoms with Gasteiger partial charge in [-0.25, -0.2) is 0 Å². The largest absolute Gasteiger partial charge is 0.374 e. The predicted molar refractivity (Wildman–Crippen MR) is 48.9 cm³/mol. The van der Waals surface area contributed by atoms with E-state index in [1.807, 2.05) is 20.8 Å². The van der Waals surface area contributed by atoms with Crippen LogP contribution in [0, 0.1) is 11.8 Å². The summed E-state index contributed by atoms with van der Waals surface area (Å²) in [5.41, 5.74) is 5.47. The van der Waals surface area contributed by atoms with Gasteiger partial charge in [0.25, 0.3) is 0 Å². The Labute approximate surface area is 74.3 Å². The van der Waals surface area contributed by atoms with Gasteiger partial charge in [-0.1, -0.05) is 13.8 Å². The Bertz CT molecular complexity index is 134. The predicted octanol–water partition coefficient (Wildman–Crippen LogP) is 0.823. The number of carbonyl (C=O) groups excluding carboxylic acids is 1. The molecule has 0 aromatic heterocycles. The summed E-state index contributed by atoms with van der Waals surface area (Å²) in [7, 11) is 0. The van der Waals surface area contributed by atoms with Gasteiger partial charge >= 0.3 is 0 Å². The van der Waals surface area contributed by atoms with Crippen molar-refractivity contribution < 1.29 is 9.53 Å². The zero-order valence-corrected chi connectivity index (χ0v) is 8.17. The molecule has 12 heavy (non-hydrogen) atoms. The highest BCUT2D eigenvalue weighted by atomic mass is 16.5. The summed E-state index contributed by atoms with van der Waals surface area (Å²) in [6.45, 7) is 7.09. The van der Waals surface area contributed by atoms with Crippen molar-refractivity contribution in [2.45, 2.75) is 20.8 Å². The molecule has 3 nitrogen and oxygen atoms in total. The van der Waals surface area contributed by atoms with Crippen LogP contribution >= 0.6 is 0 Å². The van der Waals surface area contributed by atoms with Crippen LogP contribution in [0.4, 0.5) is 0 Å². The second kappa shape index (κ2) is 6.14. The SMILES string of the molecule is CCOCC(=O)C(CN)C(C)C. The molecule has 0 aliphatic carbocycles. The molecule has 0 spiro atoms. The van der Waals surface area contributed by atoms with Crippen molar-refractivity contribution >= 4 is 5.78 Å². The first kappa shape index (κ1) is 11.6. The number of hydrogen-bond acceptors (Lipinski definition) is 3. The Hall–Kier alpha value is -0.410. The summed E-state index contributed by atoms with van der Waals surface area (Å²) in [6, 6.07) is 0. The molecule has 72 valence electrons. The molecule has 0 fully saturated rings. The van der Waals surface area contributed by atoms with Gasteiger partial charge in [-0.15, -0.1) is 0 Å². The van der Waals surface area contributed by atoms with E-state index >= 15 is 0 Å². The molecule has 1 unspecified atom stereocenters. The Morgan fingerprint density at radius 1 is 1.50 bits per heavy atom. The van der Waals surface area contributed by atoms with Crippen LogP contribution in [-0.4, -0.2) is 25.5 Å². The molecule has 0 radical (unpaired) electrons. The van der Waals surface area contributed by atoms with Crippen molar-refractivity contribution in [2.75, 3.05) is 19.8 Å². The van der Waals surface area contributed by atoms with Gasteiger partial charge in [0.2, 0.25) is 0 Å². The summed E-state index contributed by atoms with van der Waals surface area (Å²) in [5, 5.41) is 0. The van der Waals surface area contributed by atoms with Gasteiger partial charge in [0.05, 0.1) is 0 Å². The molecular formula is C9H19NO2. The smallest absolute Gasteiger partial charge is 0.163 e. The lowest BCUT2D eigenvalue weighted by atomic mass is 9.92. The van der Waals surface area contributed by atoms with Gasteiger partial charge in [0, 0.05) is 19.1 Å². The molecule has 0 aliphatic rings. The first-order valence-corrected chi connectivity index (χ1v) is 4.44. The van der Waals surface area contributed by atoms with Gasteiger partial charge in [0.15, 0.2) is 5.78 Å². The van der Waals surface area contributed by atoms with Crippen LogP contribution in [0.3, 0.4) is 0 Å². The molecule has 1 atom stereocenters. The minimum absolute atomic E-state index is 0.0449. The molecule has 0 saturated carbocycles. The number of ketones is 1. The quantitative estimate of drug-likeness (QED) is 0.647. The molecule has 0 amide bonds. The van der Waals surface area contributed by atoms with Crippen molar-refractivity contribution in [1.82, 2.24) is 0 Å². The van der Waals surface area contributed by atoms with Crippen LogP contribution in [0.5, 0.6) is 0 Å². The summed E-state index contributed by atoms with van der Waals surface area (Å²) in [4.78, 5) is 11.4. The first-order valence-electron chi connectivity index (χ1n) is 4.44. The minimum Gasteiger partial charge on any atom is -0.374 e. The fourth-order valence-electron chi connectivity index (χ4n) is 1.09. The maximum Gasteiger partial charge on any atom is 0.163 e. The van der Waals surface area contributed by atoms with E-state index in [0.717, 1.165) is 0 Å². The van der Waals surface area contributed by atoms with E-state index in [1.54, 1.807) is 0 Å². The molecule has 0 rings (SSSR count). The summed E-state index contributed by atoms with van der Waals surface area (Å²) >= 11 is 0. The van der Waals surface area contributed by atoms with Gasteiger partial charge in [-0.2, -0.15) is 0 Å². The Kier molecular flexibility index (Phi) is 5.93. The van der Waals surface area contributed by atoms with Gasteiger partial charge in [0.1, 0.15) is 6.61 Å². The lowest BCUT2D eigenvalue weighted by molar-refractivity contribution is -0.128. The zero-order valence-electron chi connectivity index (χ0n) is 8.17. The summed E-state index contributed by atoms with van der Waals surface area (Å²) < 4.78 is 5.02. The highest BCUT2D eigenvalue weighted by Gasteiger charge is 2.19. The van der Waals surface area contributed by atoms with Crippen LogP contribution in [0.1, 0.15) is 20.8 Å². The van der Waals surface area contributed by atoms with E-state index in [4.69, 9.17) is 10.5 Å². The highest BCUT2D eigenvalue weighted by molar-refractivity contribution is 5.82. The molecule has 0 aromatic carbocycles. The van der Waals surface area contributed by atoms with Crippen LogP contribution in [0.25, 0.3) is 0 Å². The van der Waals surface area contributed by atoms with E-state index in [-0.39, 0.29) is 18.3 Å². The molecule has 3 heteroatoms. The second-order valence-electron chi connectivity index (χ2n) is 3.19. The third-order valence-corrected chi connectivity index (χ3v) is 1.92. The van der Waals surface area contributed by atoms with Gasteiger partial charge in [-0.05, 0) is 12.8 Å². The van der Waals surface area contributed by atoms with E-state index in [0.29, 0.717) is 19.1 Å². The fraction of sp³-hybridized carbons (Fsp3) is 0.889. The van der Waals surface area contributed by atoms with Crippen LogP contribution in [0.2, 0.25) is 0 Å². The standard InChI is InChI=1S/C9H19NO2/c1-4-12-6-9(11)8(5-10)7(2)3/h7-8H,4-6,10H2,1-3H3. The lowest BCUT2D eigenvalue weighted by Crippen LogP contribution is -2.31. The lowest BCUT2D eigenvalue weighted by Gasteiger charge is -2.16. The average molecular weight is 173 g/mol. The molecule has 2 N–H and O–H groups in total. The normalized spacial score (nSPS) is 13.4. The van der Waals surface area contributed by atoms with Gasteiger partial charge < -0.3 is 10.5 Å². The van der Waals surface area contributed by atoms with E-state index in [9.17, 15) is 4.79 Å². The number of ether oxygens (including phenoxy) is 1. The fourth-order valence-corrected chi connectivity index (χ4v) is 1.09. The number of rotatable bonds is 6. The van der Waals surface area contributed by atoms with Crippen LogP contribution in [-0.2, 0) is 9.53 Å². The molecule has 0 aliphatic heterocycles. The monoisotopic (exact) mass is 173 g/mol. The van der Waals surface area contributed by atoms with Crippen LogP contribution < -0.4 is 5.73 Å². The molecule has 0 heterocycles. The Morgan fingerprint density at radius 2 is 2.08 bits per heavy atom. The van der Waals surface area contributed by atoms with Crippen molar-refractivity contribution in [2.24, 2.45) is 17.6 Å². The Balaban J connectivity index is 3.86. The van der Waals surface area contributed by atoms with E-state index < -0.39 is 0 Å². The highest BCUT2D eigenvalue weighted by Crippen LogP contribution is 2.10. The van der Waals surface area contributed by atoms with Crippen molar-refractivity contribution in [3.05, 3.63) is 0 Å². The average Bonchev–Trinajstić information content (AvgIpc) is 2.01. The molecule has 0 saturated heterocycles. The number of carbonyl (C=O) groups is 1. The van der Waals surface area contributed by atoms with Crippen molar-refractivity contribution in [1.29, 1.82) is 0 Å². The summed E-state index contributed by atoms with van der Waals surface area (Å²) in [6.07, 6.45) is 0. The van der Waals surface area contributed by atoms with Crippen molar-refractivity contribution in [3.8, 4) is 0 Å². The van der Waals surface area contributed by atoms with Crippen LogP contribution in [0.15, 0.2) is 0 Å². The van der Waals surface area contributed by atoms with Crippen molar-refractivity contribution in [3.63, 3.8) is 0 Å². The summed E-state index contributed by atoms with van der Waals surface area (Å²) in [5.74, 6) is 0.383. The second-order valence-corrected chi connectivity index (χ2v) is 3.19. The topological polar surface area (TPSA) is 52.3 Å². The number of nitrogens with two attached hydrogens (primary N) is 1. The number of hydrogen-bond donors (Lipinski definition) is 1. The molecule has 0 aromatic rings. The first-order chi connectivity index (χ1) is 5.63. The Morgan fingerprint density at radius 3 is 2.42 bits per heavy atom. The van der Waals surface area contributed by atoms with E-state index in [2.05, 4.69) is 0 Å².